The molecule has 0 amide bonds. The van der Waals surface area contributed by atoms with Crippen LogP contribution < -0.4 is 0 Å². The Bertz CT molecular complexity index is 588. The first-order valence-electron chi connectivity index (χ1n) is 8.63. The summed E-state index contributed by atoms with van der Waals surface area (Å²) in [6.45, 7) is 6.38. The molecule has 132 valence electrons. The van der Waals surface area contributed by atoms with Gasteiger partial charge in [-0.1, -0.05) is 53.9 Å². The third kappa shape index (κ3) is 6.97. The summed E-state index contributed by atoms with van der Waals surface area (Å²) in [4.78, 5) is 0. The van der Waals surface area contributed by atoms with Gasteiger partial charge in [0.05, 0.1) is 16.7 Å². The maximum atomic E-state index is 9.03. The Kier molecular flexibility index (Phi) is 9.66. The van der Waals surface area contributed by atoms with Crippen LogP contribution in [0.2, 0.25) is 5.02 Å². The van der Waals surface area contributed by atoms with Gasteiger partial charge in [0.2, 0.25) is 0 Å². The molecule has 1 saturated carbocycles. The maximum absolute atomic E-state index is 9.03. The lowest BCUT2D eigenvalue weighted by molar-refractivity contribution is 0.112. The van der Waals surface area contributed by atoms with E-state index in [4.69, 9.17) is 22.0 Å². The molecule has 24 heavy (non-hydrogen) atoms. The SMILES string of the molecule is CC1CCC(O)CC1.CCC/C=C(/Br)c1cc(C#N)c(Cl)cc1C. The van der Waals surface area contributed by atoms with Gasteiger partial charge >= 0.3 is 0 Å². The van der Waals surface area contributed by atoms with Gasteiger partial charge in [-0.25, -0.2) is 0 Å². The number of aliphatic hydroxyl groups is 1. The second kappa shape index (κ2) is 10.9. The van der Waals surface area contributed by atoms with Crippen LogP contribution in [-0.4, -0.2) is 11.2 Å². The fraction of sp³-hybridized carbons (Fsp3) is 0.550. The molecular formula is C20H27BrClNO. The summed E-state index contributed by atoms with van der Waals surface area (Å²) in [6.07, 6.45) is 8.77. The molecule has 0 unspecified atom stereocenters. The minimum absolute atomic E-state index is 0.0196. The number of hydrogen-bond donors (Lipinski definition) is 1. The van der Waals surface area contributed by atoms with E-state index in [1.54, 1.807) is 0 Å². The third-order valence-electron chi connectivity index (χ3n) is 4.29. The first-order valence-corrected chi connectivity index (χ1v) is 9.80. The Balaban J connectivity index is 0.000000300. The van der Waals surface area contributed by atoms with Crippen molar-refractivity contribution in [3.8, 4) is 6.07 Å². The number of nitrogens with zero attached hydrogens (tertiary/aromatic N) is 1. The molecule has 1 aromatic carbocycles. The monoisotopic (exact) mass is 411 g/mol. The number of hydrogen-bond acceptors (Lipinski definition) is 2. The van der Waals surface area contributed by atoms with Crippen molar-refractivity contribution in [1.29, 1.82) is 5.26 Å². The van der Waals surface area contributed by atoms with Crippen molar-refractivity contribution < 1.29 is 5.11 Å². The minimum atomic E-state index is 0.0196. The van der Waals surface area contributed by atoms with Crippen LogP contribution in [0.1, 0.15) is 69.1 Å². The molecule has 0 atom stereocenters. The van der Waals surface area contributed by atoms with E-state index in [0.717, 1.165) is 47.2 Å². The van der Waals surface area contributed by atoms with E-state index in [1.807, 2.05) is 19.1 Å². The summed E-state index contributed by atoms with van der Waals surface area (Å²) in [5.41, 5.74) is 2.63. The Hall–Kier alpha value is -0.820. The van der Waals surface area contributed by atoms with Crippen LogP contribution in [0.5, 0.6) is 0 Å². The van der Waals surface area contributed by atoms with Gasteiger partial charge in [0.1, 0.15) is 6.07 Å². The highest BCUT2D eigenvalue weighted by Crippen LogP contribution is 2.29. The first-order chi connectivity index (χ1) is 11.4. The van der Waals surface area contributed by atoms with Crippen LogP contribution >= 0.6 is 27.5 Å². The molecule has 0 bridgehead atoms. The zero-order valence-electron chi connectivity index (χ0n) is 14.8. The summed E-state index contributed by atoms with van der Waals surface area (Å²) in [7, 11) is 0. The number of benzene rings is 1. The predicted octanol–water partition coefficient (Wildman–Crippen LogP) is 6.61. The molecular weight excluding hydrogens is 386 g/mol. The molecule has 1 N–H and O–H groups in total. The van der Waals surface area contributed by atoms with Crippen LogP contribution in [0.15, 0.2) is 18.2 Å². The van der Waals surface area contributed by atoms with Gasteiger partial charge in [0, 0.05) is 4.48 Å². The Morgan fingerprint density at radius 3 is 2.50 bits per heavy atom. The lowest BCUT2D eigenvalue weighted by Crippen LogP contribution is -2.15. The Morgan fingerprint density at radius 1 is 1.38 bits per heavy atom. The molecule has 1 aliphatic rings. The molecule has 2 rings (SSSR count). The second-order valence-corrected chi connectivity index (χ2v) is 7.77. The van der Waals surface area contributed by atoms with E-state index in [9.17, 15) is 0 Å². The van der Waals surface area contributed by atoms with Crippen molar-refractivity contribution in [2.75, 3.05) is 0 Å². The standard InChI is InChI=1S/C13H13BrClN.C7H14O/c1-3-4-5-12(14)11-7-10(8-16)13(15)6-9(11)2;1-6-2-4-7(8)5-3-6/h5-7H,3-4H2,1-2H3;6-8H,2-5H2,1H3/b12-5+;. The molecule has 1 aliphatic carbocycles. The van der Waals surface area contributed by atoms with Crippen molar-refractivity contribution in [3.05, 3.63) is 39.9 Å². The van der Waals surface area contributed by atoms with Gasteiger partial charge < -0.3 is 5.11 Å². The highest BCUT2D eigenvalue weighted by Gasteiger charge is 2.14. The summed E-state index contributed by atoms with van der Waals surface area (Å²) >= 11 is 9.49. The molecule has 0 radical (unpaired) electrons. The zero-order valence-corrected chi connectivity index (χ0v) is 17.1. The highest BCUT2D eigenvalue weighted by molar-refractivity contribution is 9.15. The van der Waals surface area contributed by atoms with Gasteiger partial charge in [-0.15, -0.1) is 0 Å². The van der Waals surface area contributed by atoms with E-state index in [1.165, 1.54) is 12.8 Å². The van der Waals surface area contributed by atoms with Gasteiger partial charge in [-0.05, 0) is 68.2 Å². The molecule has 0 aromatic heterocycles. The number of unbranched alkanes of at least 4 members (excludes halogenated alkanes) is 1. The van der Waals surface area contributed by atoms with Gasteiger partial charge in [0.15, 0.2) is 0 Å². The lowest BCUT2D eigenvalue weighted by Gasteiger charge is -2.21. The molecule has 2 nitrogen and oxygen atoms in total. The van der Waals surface area contributed by atoms with E-state index in [0.29, 0.717) is 10.6 Å². The second-order valence-electron chi connectivity index (χ2n) is 6.51. The quantitative estimate of drug-likeness (QED) is 0.606. The number of rotatable bonds is 3. The van der Waals surface area contributed by atoms with Crippen LogP contribution in [0, 0.1) is 24.2 Å². The normalized spacial score (nSPS) is 20.8. The molecule has 0 saturated heterocycles. The van der Waals surface area contributed by atoms with E-state index in [-0.39, 0.29) is 6.10 Å². The summed E-state index contributed by atoms with van der Waals surface area (Å²) in [5, 5.41) is 18.5. The van der Waals surface area contributed by atoms with Crippen LogP contribution in [0.4, 0.5) is 0 Å². The molecule has 1 fully saturated rings. The number of halogens is 2. The first kappa shape index (κ1) is 21.2. The predicted molar refractivity (Wildman–Crippen MR) is 106 cm³/mol. The molecule has 1 aromatic rings. The van der Waals surface area contributed by atoms with Crippen LogP contribution in [0.3, 0.4) is 0 Å². The van der Waals surface area contributed by atoms with E-state index >= 15 is 0 Å². The molecule has 0 heterocycles. The van der Waals surface area contributed by atoms with Gasteiger partial charge in [-0.3, -0.25) is 0 Å². The number of aryl methyl sites for hydroxylation is 1. The van der Waals surface area contributed by atoms with Crippen molar-refractivity contribution in [3.63, 3.8) is 0 Å². The number of allylic oxidation sites excluding steroid dienone is 1. The van der Waals surface area contributed by atoms with Crippen LogP contribution in [0.25, 0.3) is 4.48 Å². The molecule has 4 heteroatoms. The Labute approximate surface area is 159 Å². The largest absolute Gasteiger partial charge is 0.393 e. The van der Waals surface area contributed by atoms with E-state index in [2.05, 4.69) is 41.9 Å². The van der Waals surface area contributed by atoms with Crippen molar-refractivity contribution >= 4 is 32.0 Å². The smallest absolute Gasteiger partial charge is 0.101 e. The fourth-order valence-corrected chi connectivity index (χ4v) is 3.56. The van der Waals surface area contributed by atoms with Gasteiger partial charge in [-0.2, -0.15) is 5.26 Å². The average molecular weight is 413 g/mol. The van der Waals surface area contributed by atoms with Crippen molar-refractivity contribution in [2.24, 2.45) is 5.92 Å². The average Bonchev–Trinajstić information content (AvgIpc) is 2.56. The lowest BCUT2D eigenvalue weighted by atomic mass is 9.89. The molecule has 0 spiro atoms. The van der Waals surface area contributed by atoms with Crippen molar-refractivity contribution in [1.82, 2.24) is 0 Å². The Morgan fingerprint density at radius 2 is 2.00 bits per heavy atom. The zero-order chi connectivity index (χ0) is 18.1. The minimum Gasteiger partial charge on any atom is -0.393 e. The highest BCUT2D eigenvalue weighted by atomic mass is 79.9. The number of nitriles is 1. The maximum Gasteiger partial charge on any atom is 0.101 e. The summed E-state index contributed by atoms with van der Waals surface area (Å²) < 4.78 is 1.03. The summed E-state index contributed by atoms with van der Waals surface area (Å²) in [5.74, 6) is 0.860. The van der Waals surface area contributed by atoms with E-state index < -0.39 is 0 Å². The number of aliphatic hydroxyl groups excluding tert-OH is 1. The third-order valence-corrected chi connectivity index (χ3v) is 5.35. The fourth-order valence-electron chi connectivity index (χ4n) is 2.64. The summed E-state index contributed by atoms with van der Waals surface area (Å²) in [6, 6.07) is 5.75. The van der Waals surface area contributed by atoms with Crippen LogP contribution in [-0.2, 0) is 0 Å². The van der Waals surface area contributed by atoms with Crippen molar-refractivity contribution in [2.45, 2.75) is 65.4 Å². The molecule has 0 aliphatic heterocycles. The van der Waals surface area contributed by atoms with Gasteiger partial charge in [0.25, 0.3) is 0 Å². The topological polar surface area (TPSA) is 44.0 Å².